The molecule has 2 aromatic rings. The minimum Gasteiger partial charge on any atom is -0.457 e. The van der Waals surface area contributed by atoms with Gasteiger partial charge in [0.1, 0.15) is 0 Å². The van der Waals surface area contributed by atoms with Crippen LogP contribution in [0.2, 0.25) is 0 Å². The number of nitrogens with zero attached hydrogens (tertiary/aromatic N) is 2. The van der Waals surface area contributed by atoms with Gasteiger partial charge in [-0.2, -0.15) is 16.3 Å². The fourth-order valence-corrected chi connectivity index (χ4v) is 6.81. The quantitative estimate of drug-likeness (QED) is 0.582. The van der Waals surface area contributed by atoms with Gasteiger partial charge in [-0.1, -0.05) is 5.16 Å². The van der Waals surface area contributed by atoms with Crippen LogP contribution in [-0.2, 0) is 16.1 Å². The monoisotopic (exact) mass is 378 g/mol. The van der Waals surface area contributed by atoms with Gasteiger partial charge in [0.15, 0.2) is 6.61 Å². The van der Waals surface area contributed by atoms with E-state index in [1.54, 1.807) is 11.3 Å². The third-order valence-electron chi connectivity index (χ3n) is 5.99. The molecule has 0 N–H and O–H groups in total. The second-order valence-electron chi connectivity index (χ2n) is 8.00. The Bertz CT molecular complexity index is 789. The molecule has 2 aromatic heterocycles. The Morgan fingerprint density at radius 1 is 1.36 bits per heavy atom. The first-order valence-corrected chi connectivity index (χ1v) is 10.1. The van der Waals surface area contributed by atoms with E-state index in [-0.39, 0.29) is 17.5 Å². The third-order valence-corrected chi connectivity index (χ3v) is 7.12. The van der Waals surface area contributed by atoms with Gasteiger partial charge in [-0.3, -0.25) is 4.79 Å². The summed E-state index contributed by atoms with van der Waals surface area (Å²) >= 11 is 8.36. The van der Waals surface area contributed by atoms with E-state index in [4.69, 9.17) is 20.9 Å². The summed E-state index contributed by atoms with van der Waals surface area (Å²) in [6.45, 7) is 0.0544. The Balaban J connectivity index is 1.28. The second kappa shape index (κ2) is 5.55. The van der Waals surface area contributed by atoms with E-state index in [1.807, 2.05) is 16.8 Å². The number of rotatable bonds is 4. The van der Waals surface area contributed by atoms with Crippen LogP contribution in [0.5, 0.6) is 0 Å². The van der Waals surface area contributed by atoms with Crippen LogP contribution in [-0.4, -0.2) is 21.0 Å². The molecule has 4 saturated carbocycles. The van der Waals surface area contributed by atoms with Crippen LogP contribution in [0, 0.1) is 17.3 Å². The molecule has 4 aliphatic rings. The topological polar surface area (TPSA) is 65.2 Å². The number of hydrogen-bond donors (Lipinski definition) is 0. The van der Waals surface area contributed by atoms with Crippen LogP contribution in [0.25, 0.3) is 11.5 Å². The molecule has 25 heavy (non-hydrogen) atoms. The molecule has 0 saturated heterocycles. The Labute approximate surface area is 154 Å². The highest BCUT2D eigenvalue weighted by atomic mass is 35.5. The molecule has 0 aliphatic heterocycles. The average Bonchev–Trinajstić information content (AvgIpc) is 3.21. The molecule has 6 rings (SSSR count). The first-order valence-electron chi connectivity index (χ1n) is 8.75. The van der Waals surface area contributed by atoms with Crippen molar-refractivity contribution in [2.45, 2.75) is 50.0 Å². The van der Waals surface area contributed by atoms with Crippen molar-refractivity contribution in [3.63, 3.8) is 0 Å². The van der Waals surface area contributed by atoms with Crippen molar-refractivity contribution in [3.05, 3.63) is 22.7 Å². The normalized spacial score (nSPS) is 35.9. The number of ether oxygens (including phenoxy) is 1. The van der Waals surface area contributed by atoms with Crippen LogP contribution in [0.3, 0.4) is 0 Å². The molecule has 2 heterocycles. The summed E-state index contributed by atoms with van der Waals surface area (Å²) < 4.78 is 10.8. The lowest BCUT2D eigenvalue weighted by Gasteiger charge is -2.58. The Morgan fingerprint density at radius 2 is 2.16 bits per heavy atom. The summed E-state index contributed by atoms with van der Waals surface area (Å²) in [6, 6.07) is 1.92. The van der Waals surface area contributed by atoms with E-state index >= 15 is 0 Å². The molecule has 0 aromatic carbocycles. The highest BCUT2D eigenvalue weighted by molar-refractivity contribution is 7.08. The predicted molar refractivity (Wildman–Crippen MR) is 93.1 cm³/mol. The smallest absolute Gasteiger partial charge is 0.312 e. The zero-order valence-electron chi connectivity index (χ0n) is 13.7. The van der Waals surface area contributed by atoms with Crippen LogP contribution < -0.4 is 0 Å². The summed E-state index contributed by atoms with van der Waals surface area (Å²) in [5.41, 5.74) is 0.492. The maximum Gasteiger partial charge on any atom is 0.312 e. The van der Waals surface area contributed by atoms with Crippen molar-refractivity contribution in [1.82, 2.24) is 10.1 Å². The largest absolute Gasteiger partial charge is 0.457 e. The van der Waals surface area contributed by atoms with Crippen molar-refractivity contribution in [2.24, 2.45) is 17.3 Å². The molecule has 4 fully saturated rings. The van der Waals surface area contributed by atoms with Crippen LogP contribution in [0.4, 0.5) is 0 Å². The van der Waals surface area contributed by atoms with Crippen LogP contribution in [0.1, 0.15) is 44.3 Å². The van der Waals surface area contributed by atoms with Gasteiger partial charge in [0, 0.05) is 10.3 Å². The van der Waals surface area contributed by atoms with Gasteiger partial charge in [-0.15, -0.1) is 11.6 Å². The number of thiophene rings is 1. The molecular formula is C18H19ClN2O3S. The fraction of sp³-hybridized carbons (Fsp3) is 0.611. The van der Waals surface area contributed by atoms with Gasteiger partial charge in [0.2, 0.25) is 5.82 Å². The molecule has 7 heteroatoms. The number of aromatic nitrogens is 2. The van der Waals surface area contributed by atoms with Gasteiger partial charge in [-0.05, 0) is 61.8 Å². The highest BCUT2D eigenvalue weighted by Crippen LogP contribution is 2.64. The first kappa shape index (κ1) is 15.8. The number of carbonyl (C=O) groups is 1. The molecule has 132 valence electrons. The zero-order chi connectivity index (χ0) is 17.1. The summed E-state index contributed by atoms with van der Waals surface area (Å²) in [5.74, 6) is 1.87. The Hall–Kier alpha value is -1.40. The predicted octanol–water partition coefficient (Wildman–Crippen LogP) is 4.42. The molecule has 0 spiro atoms. The third kappa shape index (κ3) is 2.70. The minimum atomic E-state index is -0.397. The second-order valence-corrected chi connectivity index (χ2v) is 9.58. The van der Waals surface area contributed by atoms with Gasteiger partial charge >= 0.3 is 5.97 Å². The number of esters is 1. The SMILES string of the molecule is O=C(OCc1noc(-c2ccsc2)n1)C12CC3CC(CC(Cl)(C3)C1)C2. The molecule has 0 radical (unpaired) electrons. The maximum absolute atomic E-state index is 12.9. The molecular weight excluding hydrogens is 360 g/mol. The van der Waals surface area contributed by atoms with Gasteiger partial charge in [0.25, 0.3) is 5.89 Å². The van der Waals surface area contributed by atoms with E-state index in [1.165, 1.54) is 6.42 Å². The van der Waals surface area contributed by atoms with Crippen molar-refractivity contribution in [3.8, 4) is 11.5 Å². The Morgan fingerprint density at radius 3 is 2.84 bits per heavy atom. The zero-order valence-corrected chi connectivity index (χ0v) is 15.3. The summed E-state index contributed by atoms with van der Waals surface area (Å²) in [6.07, 6.45) is 5.91. The molecule has 2 atom stereocenters. The number of halogens is 1. The van der Waals surface area contributed by atoms with Crippen molar-refractivity contribution < 1.29 is 14.1 Å². The summed E-state index contributed by atoms with van der Waals surface area (Å²) in [7, 11) is 0. The first-order chi connectivity index (χ1) is 12.0. The summed E-state index contributed by atoms with van der Waals surface area (Å²) in [5, 5.41) is 7.82. The number of carbonyl (C=O) groups excluding carboxylic acids is 1. The average molecular weight is 379 g/mol. The standard InChI is InChI=1S/C18H19ClN2O3S/c19-18-6-11-3-12(7-18)5-17(4-11,10-18)16(22)23-8-14-20-15(24-21-14)13-1-2-25-9-13/h1-2,9,11-12H,3-8,10H2. The van der Waals surface area contributed by atoms with E-state index in [0.717, 1.165) is 37.7 Å². The maximum atomic E-state index is 12.9. The lowest BCUT2D eigenvalue weighted by molar-refractivity contribution is -0.171. The van der Waals surface area contributed by atoms with E-state index < -0.39 is 5.41 Å². The van der Waals surface area contributed by atoms with E-state index in [0.29, 0.717) is 23.6 Å². The van der Waals surface area contributed by atoms with Crippen LogP contribution >= 0.6 is 22.9 Å². The molecule has 4 aliphatic carbocycles. The fourth-order valence-electron chi connectivity index (χ4n) is 5.49. The Kier molecular flexibility index (Phi) is 3.51. The minimum absolute atomic E-state index is 0.0544. The van der Waals surface area contributed by atoms with Crippen molar-refractivity contribution in [1.29, 1.82) is 0 Å². The lowest BCUT2D eigenvalue weighted by atomic mass is 9.49. The lowest BCUT2D eigenvalue weighted by Crippen LogP contribution is -2.56. The van der Waals surface area contributed by atoms with Crippen molar-refractivity contribution >= 4 is 28.9 Å². The molecule has 4 bridgehead atoms. The van der Waals surface area contributed by atoms with Crippen LogP contribution in [0.15, 0.2) is 21.3 Å². The van der Waals surface area contributed by atoms with Gasteiger partial charge < -0.3 is 9.26 Å². The molecule has 5 nitrogen and oxygen atoms in total. The summed E-state index contributed by atoms with van der Waals surface area (Å²) in [4.78, 5) is 17.0. The molecule has 2 unspecified atom stereocenters. The molecule has 0 amide bonds. The van der Waals surface area contributed by atoms with Crippen molar-refractivity contribution in [2.75, 3.05) is 0 Å². The number of hydrogen-bond acceptors (Lipinski definition) is 6. The number of alkyl halides is 1. The van der Waals surface area contributed by atoms with Gasteiger partial charge in [0.05, 0.1) is 11.0 Å². The van der Waals surface area contributed by atoms with Gasteiger partial charge in [-0.25, -0.2) is 0 Å². The van der Waals surface area contributed by atoms with E-state index in [2.05, 4.69) is 10.1 Å². The van der Waals surface area contributed by atoms with E-state index in [9.17, 15) is 4.79 Å². The highest BCUT2D eigenvalue weighted by Gasteiger charge is 2.60.